The van der Waals surface area contributed by atoms with Crippen LogP contribution in [0, 0.1) is 0 Å². The number of amides is 1. The Morgan fingerprint density at radius 3 is 2.59 bits per heavy atom. The minimum absolute atomic E-state index is 0.0562. The molecule has 2 heterocycles. The zero-order valence-electron chi connectivity index (χ0n) is 11.9. The summed E-state index contributed by atoms with van der Waals surface area (Å²) in [5.41, 5.74) is 1.57. The summed E-state index contributed by atoms with van der Waals surface area (Å²) in [5, 5.41) is 0. The fraction of sp³-hybridized carbons (Fsp3) is 0.467. The molecule has 0 bridgehead atoms. The maximum Gasteiger partial charge on any atom is 0.397 e. The monoisotopic (exact) mass is 313 g/mol. The molecule has 22 heavy (non-hydrogen) atoms. The van der Waals surface area contributed by atoms with E-state index in [4.69, 9.17) is 4.74 Å². The normalized spacial score (nSPS) is 19.0. The van der Waals surface area contributed by atoms with Gasteiger partial charge in [-0.3, -0.25) is 9.59 Å². The Morgan fingerprint density at radius 1 is 1.32 bits per heavy atom. The Bertz CT molecular complexity index is 648. The van der Waals surface area contributed by atoms with Gasteiger partial charge in [0.05, 0.1) is 19.7 Å². The van der Waals surface area contributed by atoms with Gasteiger partial charge in [-0.25, -0.2) is 0 Å². The molecule has 2 aliphatic rings. The molecule has 1 saturated heterocycles. The molecule has 3 rings (SSSR count). The molecule has 1 spiro atoms. The van der Waals surface area contributed by atoms with Gasteiger partial charge in [0, 0.05) is 5.56 Å². The first-order valence-corrected chi connectivity index (χ1v) is 6.83. The van der Waals surface area contributed by atoms with Crippen LogP contribution in [0.25, 0.3) is 0 Å². The highest BCUT2D eigenvalue weighted by atomic mass is 19.4. The quantitative estimate of drug-likeness (QED) is 0.788. The molecule has 0 aliphatic carbocycles. The molecule has 0 atom stereocenters. The van der Waals surface area contributed by atoms with Crippen molar-refractivity contribution in [1.82, 2.24) is 4.90 Å². The van der Waals surface area contributed by atoms with E-state index >= 15 is 0 Å². The SMILES string of the molecule is CC(=O)c1ccc2c(c1)COC21CN(C(=O)CC(F)(F)F)C1. The summed E-state index contributed by atoms with van der Waals surface area (Å²) < 4.78 is 42.4. The third-order valence-corrected chi connectivity index (χ3v) is 4.10. The van der Waals surface area contributed by atoms with Crippen molar-refractivity contribution >= 4 is 11.7 Å². The highest BCUT2D eigenvalue weighted by Gasteiger charge is 2.52. The van der Waals surface area contributed by atoms with Crippen molar-refractivity contribution in [2.45, 2.75) is 31.7 Å². The molecule has 1 fully saturated rings. The van der Waals surface area contributed by atoms with Gasteiger partial charge in [0.2, 0.25) is 5.91 Å². The van der Waals surface area contributed by atoms with Crippen LogP contribution in [0.2, 0.25) is 0 Å². The van der Waals surface area contributed by atoms with Crippen LogP contribution in [0.15, 0.2) is 18.2 Å². The number of hydrogen-bond acceptors (Lipinski definition) is 3. The van der Waals surface area contributed by atoms with Crippen molar-refractivity contribution in [3.63, 3.8) is 0 Å². The van der Waals surface area contributed by atoms with Crippen LogP contribution in [-0.2, 0) is 21.7 Å². The van der Waals surface area contributed by atoms with Gasteiger partial charge in [0.25, 0.3) is 0 Å². The fourth-order valence-corrected chi connectivity index (χ4v) is 2.96. The fourth-order valence-electron chi connectivity index (χ4n) is 2.96. The van der Waals surface area contributed by atoms with Crippen molar-refractivity contribution in [1.29, 1.82) is 0 Å². The molecule has 7 heteroatoms. The van der Waals surface area contributed by atoms with Crippen LogP contribution < -0.4 is 0 Å². The second kappa shape index (κ2) is 4.81. The highest BCUT2D eigenvalue weighted by Crippen LogP contribution is 2.44. The Kier molecular flexibility index (Phi) is 3.28. The first-order valence-electron chi connectivity index (χ1n) is 6.83. The van der Waals surface area contributed by atoms with Crippen molar-refractivity contribution < 1.29 is 27.5 Å². The molecule has 0 unspecified atom stereocenters. The number of ketones is 1. The molecule has 0 radical (unpaired) electrons. The molecule has 4 nitrogen and oxygen atoms in total. The van der Waals surface area contributed by atoms with Gasteiger partial charge in [-0.05, 0) is 24.1 Å². The molecule has 2 aliphatic heterocycles. The van der Waals surface area contributed by atoms with E-state index in [1.54, 1.807) is 18.2 Å². The largest absolute Gasteiger partial charge is 0.397 e. The average molecular weight is 313 g/mol. The summed E-state index contributed by atoms with van der Waals surface area (Å²) in [6.07, 6.45) is -5.94. The summed E-state index contributed by atoms with van der Waals surface area (Å²) in [7, 11) is 0. The van der Waals surface area contributed by atoms with Crippen LogP contribution in [0.3, 0.4) is 0 Å². The van der Waals surface area contributed by atoms with Crippen LogP contribution in [0.4, 0.5) is 13.2 Å². The summed E-state index contributed by atoms with van der Waals surface area (Å²) >= 11 is 0. The Morgan fingerprint density at radius 2 is 2.00 bits per heavy atom. The number of Topliss-reactive ketones (excluding diaryl/α,β-unsaturated/α-hetero) is 1. The lowest BCUT2D eigenvalue weighted by atomic mass is 9.84. The number of hydrogen-bond donors (Lipinski definition) is 0. The van der Waals surface area contributed by atoms with Gasteiger partial charge < -0.3 is 9.64 Å². The van der Waals surface area contributed by atoms with Gasteiger partial charge in [-0.15, -0.1) is 0 Å². The van der Waals surface area contributed by atoms with Gasteiger partial charge >= 0.3 is 6.18 Å². The molecular weight excluding hydrogens is 299 g/mol. The van der Waals surface area contributed by atoms with E-state index in [2.05, 4.69) is 0 Å². The van der Waals surface area contributed by atoms with Crippen molar-refractivity contribution in [3.8, 4) is 0 Å². The summed E-state index contributed by atoms with van der Waals surface area (Å²) in [4.78, 5) is 24.1. The van der Waals surface area contributed by atoms with E-state index in [9.17, 15) is 22.8 Å². The number of carbonyl (C=O) groups excluding carboxylic acids is 2. The molecule has 0 saturated carbocycles. The third-order valence-electron chi connectivity index (χ3n) is 4.10. The van der Waals surface area contributed by atoms with Gasteiger partial charge in [0.15, 0.2) is 5.78 Å². The molecule has 1 aromatic carbocycles. The second-order valence-corrected chi connectivity index (χ2v) is 5.75. The lowest BCUT2D eigenvalue weighted by Crippen LogP contribution is -2.61. The number of ether oxygens (including phenoxy) is 1. The standard InChI is InChI=1S/C15H14F3NO3/c1-9(20)10-2-3-12-11(4-10)6-22-14(12)7-19(8-14)13(21)5-15(16,17)18/h2-4H,5-8H2,1H3. The molecule has 0 N–H and O–H groups in total. The van der Waals surface area contributed by atoms with Crippen molar-refractivity contribution in [2.24, 2.45) is 0 Å². The zero-order chi connectivity index (χ0) is 16.1. The number of nitrogens with zero attached hydrogens (tertiary/aromatic N) is 1. The first kappa shape index (κ1) is 15.0. The smallest absolute Gasteiger partial charge is 0.362 e. The summed E-state index contributed by atoms with van der Waals surface area (Å²) in [5.74, 6) is -0.991. The first-order chi connectivity index (χ1) is 10.2. The van der Waals surface area contributed by atoms with Gasteiger partial charge in [0.1, 0.15) is 12.0 Å². The van der Waals surface area contributed by atoms with E-state index < -0.39 is 24.1 Å². The number of alkyl halides is 3. The number of benzene rings is 1. The average Bonchev–Trinajstić information content (AvgIpc) is 2.73. The molecular formula is C15H14F3NO3. The number of carbonyl (C=O) groups is 2. The summed E-state index contributed by atoms with van der Waals surface area (Å²) in [6, 6.07) is 5.19. The topological polar surface area (TPSA) is 46.6 Å². The zero-order valence-corrected chi connectivity index (χ0v) is 11.9. The van der Waals surface area contributed by atoms with Crippen molar-refractivity contribution in [2.75, 3.05) is 13.1 Å². The molecule has 1 amide bonds. The van der Waals surface area contributed by atoms with Crippen LogP contribution >= 0.6 is 0 Å². The van der Waals surface area contributed by atoms with E-state index in [-0.39, 0.29) is 18.9 Å². The lowest BCUT2D eigenvalue weighted by molar-refractivity contribution is -0.185. The second-order valence-electron chi connectivity index (χ2n) is 5.75. The van der Waals surface area contributed by atoms with Gasteiger partial charge in [-0.2, -0.15) is 13.2 Å². The van der Waals surface area contributed by atoms with E-state index in [0.717, 1.165) is 16.0 Å². The van der Waals surface area contributed by atoms with Crippen molar-refractivity contribution in [3.05, 3.63) is 34.9 Å². The highest BCUT2D eigenvalue weighted by molar-refractivity contribution is 5.94. The van der Waals surface area contributed by atoms with E-state index in [1.807, 2.05) is 0 Å². The third kappa shape index (κ3) is 2.49. The molecule has 1 aromatic rings. The van der Waals surface area contributed by atoms with Crippen LogP contribution in [0.5, 0.6) is 0 Å². The predicted octanol–water partition coefficient (Wildman–Crippen LogP) is 2.41. The Balaban J connectivity index is 1.73. The minimum Gasteiger partial charge on any atom is -0.362 e. The number of halogens is 3. The lowest BCUT2D eigenvalue weighted by Gasteiger charge is -2.47. The predicted molar refractivity (Wildman–Crippen MR) is 70.2 cm³/mol. The maximum atomic E-state index is 12.2. The molecule has 0 aromatic heterocycles. The Hall–Kier alpha value is -1.89. The molecule has 118 valence electrons. The van der Waals surface area contributed by atoms with E-state index in [0.29, 0.717) is 12.2 Å². The number of fused-ring (bicyclic) bond motifs is 2. The van der Waals surface area contributed by atoms with Crippen LogP contribution in [0.1, 0.15) is 34.8 Å². The minimum atomic E-state index is -4.50. The summed E-state index contributed by atoms with van der Waals surface area (Å²) in [6.45, 7) is 2.01. The maximum absolute atomic E-state index is 12.2. The van der Waals surface area contributed by atoms with Crippen LogP contribution in [-0.4, -0.2) is 35.9 Å². The Labute approximate surface area is 124 Å². The number of rotatable bonds is 2. The number of likely N-dealkylation sites (tertiary alicyclic amines) is 1. The van der Waals surface area contributed by atoms with Gasteiger partial charge in [-0.1, -0.05) is 12.1 Å². The van der Waals surface area contributed by atoms with E-state index in [1.165, 1.54) is 6.92 Å².